The molecule has 9 nitrogen and oxygen atoms in total. The van der Waals surface area contributed by atoms with Gasteiger partial charge in [0.1, 0.15) is 17.1 Å². The third-order valence-corrected chi connectivity index (χ3v) is 9.60. The Labute approximate surface area is 297 Å². The van der Waals surface area contributed by atoms with Crippen LogP contribution < -0.4 is 9.47 Å². The molecule has 1 heterocycles. The summed E-state index contributed by atoms with van der Waals surface area (Å²) < 4.78 is 21.9. The van der Waals surface area contributed by atoms with E-state index in [0.717, 1.165) is 40.0 Å². The van der Waals surface area contributed by atoms with Crippen molar-refractivity contribution in [1.29, 1.82) is 0 Å². The molecule has 0 aromatic heterocycles. The molecule has 0 fully saturated rings. The van der Waals surface area contributed by atoms with Crippen molar-refractivity contribution in [2.75, 3.05) is 7.11 Å². The average Bonchev–Trinajstić information content (AvgIpc) is 3.06. The maximum absolute atomic E-state index is 13.0. The van der Waals surface area contributed by atoms with Crippen molar-refractivity contribution in [1.82, 2.24) is 0 Å². The zero-order chi connectivity index (χ0) is 37.3. The Morgan fingerprint density at radius 1 is 0.804 bits per heavy atom. The molecule has 0 saturated heterocycles. The van der Waals surface area contributed by atoms with Gasteiger partial charge in [0.15, 0.2) is 6.29 Å². The van der Waals surface area contributed by atoms with Gasteiger partial charge in [-0.2, -0.15) is 0 Å². The summed E-state index contributed by atoms with van der Waals surface area (Å²) in [7, 11) is 1.29. The minimum Gasteiger partial charge on any atom is -0.487 e. The van der Waals surface area contributed by atoms with E-state index in [-0.39, 0.29) is 39.6 Å². The van der Waals surface area contributed by atoms with E-state index in [1.165, 1.54) is 13.2 Å². The second-order valence-electron chi connectivity index (χ2n) is 14.7. The van der Waals surface area contributed by atoms with Gasteiger partial charge in [-0.25, -0.2) is 14.4 Å². The Bertz CT molecular complexity index is 2060. The third kappa shape index (κ3) is 7.62. The first kappa shape index (κ1) is 36.7. The fraction of sp³-hybridized carbons (Fsp3) is 0.310. The maximum Gasteiger partial charge on any atom is 0.345 e. The lowest BCUT2D eigenvalue weighted by Gasteiger charge is -2.47. The van der Waals surface area contributed by atoms with E-state index in [9.17, 15) is 24.0 Å². The van der Waals surface area contributed by atoms with Crippen LogP contribution in [0.2, 0.25) is 0 Å². The first-order chi connectivity index (χ1) is 24.0. The lowest BCUT2D eigenvalue weighted by molar-refractivity contribution is -0.123. The lowest BCUT2D eigenvalue weighted by atomic mass is 9.66. The van der Waals surface area contributed by atoms with Gasteiger partial charge in [-0.1, -0.05) is 64.1 Å². The van der Waals surface area contributed by atoms with Gasteiger partial charge < -0.3 is 18.9 Å². The number of aldehydes is 1. The molecule has 1 atom stereocenters. The quantitative estimate of drug-likeness (QED) is 0.0700. The van der Waals surface area contributed by atoms with Crippen LogP contribution in [0.3, 0.4) is 0 Å². The molecule has 0 bridgehead atoms. The van der Waals surface area contributed by atoms with Crippen molar-refractivity contribution in [2.45, 2.75) is 77.7 Å². The number of hydrogen-bond donors (Lipinski definition) is 0. The van der Waals surface area contributed by atoms with Gasteiger partial charge in [0.25, 0.3) is 0 Å². The van der Waals surface area contributed by atoms with Crippen LogP contribution in [0.4, 0.5) is 0 Å². The summed E-state index contributed by atoms with van der Waals surface area (Å²) in [5.41, 5.74) is 4.87. The molecule has 0 radical (unpaired) electrons. The second kappa shape index (κ2) is 14.0. The number of rotatable bonds is 10. The van der Waals surface area contributed by atoms with Gasteiger partial charge in [0, 0.05) is 5.56 Å². The second-order valence-corrected chi connectivity index (χ2v) is 14.7. The molecule has 0 spiro atoms. The fourth-order valence-electron chi connectivity index (χ4n) is 7.63. The molecule has 1 aliphatic rings. The van der Waals surface area contributed by atoms with Crippen molar-refractivity contribution in [2.24, 2.45) is 0 Å². The van der Waals surface area contributed by atoms with Crippen molar-refractivity contribution in [3.63, 3.8) is 0 Å². The van der Waals surface area contributed by atoms with E-state index in [2.05, 4.69) is 45.4 Å². The van der Waals surface area contributed by atoms with Gasteiger partial charge in [0.2, 0.25) is 0 Å². The number of esters is 3. The van der Waals surface area contributed by atoms with Crippen LogP contribution in [0.5, 0.6) is 11.5 Å². The Kier molecular flexibility index (Phi) is 10.1. The van der Waals surface area contributed by atoms with Crippen LogP contribution in [0.25, 0.3) is 11.1 Å². The van der Waals surface area contributed by atoms with Crippen LogP contribution >= 0.6 is 0 Å². The molecule has 0 N–H and O–H groups in total. The summed E-state index contributed by atoms with van der Waals surface area (Å²) in [5, 5.41) is 0. The van der Waals surface area contributed by atoms with Gasteiger partial charge in [0.05, 0.1) is 23.8 Å². The summed E-state index contributed by atoms with van der Waals surface area (Å²) in [4.78, 5) is 59.8. The zero-order valence-electron chi connectivity index (χ0n) is 30.2. The minimum atomic E-state index is -0.845. The molecule has 264 valence electrons. The van der Waals surface area contributed by atoms with E-state index >= 15 is 0 Å². The summed E-state index contributed by atoms with van der Waals surface area (Å²) in [6.07, 6.45) is 2.09. The smallest absolute Gasteiger partial charge is 0.345 e. The number of fused-ring (bicyclic) bond motifs is 1. The molecule has 9 heteroatoms. The molecule has 5 rings (SSSR count). The lowest BCUT2D eigenvalue weighted by Crippen LogP contribution is -2.47. The molecular weight excluding hydrogens is 648 g/mol. The first-order valence-electron chi connectivity index (χ1n) is 16.6. The van der Waals surface area contributed by atoms with Crippen LogP contribution in [0.1, 0.15) is 111 Å². The van der Waals surface area contributed by atoms with E-state index in [0.29, 0.717) is 24.0 Å². The summed E-state index contributed by atoms with van der Waals surface area (Å²) in [5.74, 6) is -0.952. The Balaban J connectivity index is 1.37. The van der Waals surface area contributed by atoms with Crippen LogP contribution in [-0.4, -0.2) is 43.4 Å². The van der Waals surface area contributed by atoms with Crippen molar-refractivity contribution in [3.8, 4) is 22.6 Å². The molecule has 1 aliphatic heterocycles. The van der Waals surface area contributed by atoms with Gasteiger partial charge >= 0.3 is 24.4 Å². The highest BCUT2D eigenvalue weighted by atomic mass is 16.6. The zero-order valence-corrected chi connectivity index (χ0v) is 30.2. The number of ether oxygens (including phenoxy) is 4. The van der Waals surface area contributed by atoms with Gasteiger partial charge in [-0.3, -0.25) is 9.59 Å². The van der Waals surface area contributed by atoms with Crippen LogP contribution in [-0.2, 0) is 25.1 Å². The highest BCUT2D eigenvalue weighted by Gasteiger charge is 2.45. The van der Waals surface area contributed by atoms with Crippen LogP contribution in [0.15, 0.2) is 72.8 Å². The van der Waals surface area contributed by atoms with Crippen LogP contribution in [0, 0.1) is 13.8 Å². The summed E-state index contributed by atoms with van der Waals surface area (Å²) in [6.45, 7) is 14.6. The van der Waals surface area contributed by atoms with E-state index in [1.54, 1.807) is 37.3 Å². The Hall–Kier alpha value is -5.57. The summed E-state index contributed by atoms with van der Waals surface area (Å²) in [6, 6.07) is 21.2. The molecule has 4 aromatic carbocycles. The molecule has 0 saturated carbocycles. The summed E-state index contributed by atoms with van der Waals surface area (Å²) >= 11 is 0. The molecular formula is C42H42O9. The van der Waals surface area contributed by atoms with E-state index in [4.69, 9.17) is 14.2 Å². The number of methoxy groups -OCH3 is 1. The molecule has 4 aromatic rings. The largest absolute Gasteiger partial charge is 0.487 e. The molecule has 0 amide bonds. The normalized spacial score (nSPS) is 16.2. The number of benzene rings is 4. The third-order valence-electron chi connectivity index (χ3n) is 9.60. The molecule has 51 heavy (non-hydrogen) atoms. The highest BCUT2D eigenvalue weighted by Crippen LogP contribution is 2.50. The van der Waals surface area contributed by atoms with Crippen molar-refractivity contribution >= 4 is 30.7 Å². The number of hydrogen-bond acceptors (Lipinski definition) is 9. The monoisotopic (exact) mass is 690 g/mol. The Morgan fingerprint density at radius 2 is 1.51 bits per heavy atom. The van der Waals surface area contributed by atoms with E-state index in [1.807, 2.05) is 37.3 Å². The highest BCUT2D eigenvalue weighted by molar-refractivity contribution is 6.00. The maximum atomic E-state index is 13.0. The van der Waals surface area contributed by atoms with Crippen molar-refractivity contribution < 1.29 is 42.9 Å². The van der Waals surface area contributed by atoms with Gasteiger partial charge in [-0.15, -0.1) is 0 Å². The number of aryl methyl sites for hydroxylation is 2. The predicted octanol–water partition coefficient (Wildman–Crippen LogP) is 8.29. The SMILES string of the molecule is COC(=O)c1cc(-c2ccc3c(c2)OC(C)(CC(C)(C)c2ccc(OC(=O)c4ccc(C)c(C(=O)OC=O)c4)cc2C)CC3(C)C)ccc1C=O. The molecule has 0 aliphatic carbocycles. The van der Waals surface area contributed by atoms with Gasteiger partial charge in [-0.05, 0) is 114 Å². The molecule has 1 unspecified atom stereocenters. The first-order valence-corrected chi connectivity index (χ1v) is 16.6. The average molecular weight is 691 g/mol. The topological polar surface area (TPSA) is 122 Å². The Morgan fingerprint density at radius 3 is 2.18 bits per heavy atom. The standard InChI is InChI=1S/C42H42O9/c1-25-9-10-29(19-32(25)39(47)49-24-44)37(45)50-31-14-16-34(26(2)17-31)40(3,4)22-42(7)23-41(5,6)35-15-13-28(20-36(35)51-42)27-11-12-30(21-43)33(18-27)38(46)48-8/h9-21,24H,22-23H2,1-8H3. The fourth-order valence-corrected chi connectivity index (χ4v) is 7.63. The van der Waals surface area contributed by atoms with E-state index < -0.39 is 23.5 Å². The number of carbonyl (C=O) groups excluding carboxylic acids is 5. The number of carbonyl (C=O) groups is 5. The minimum absolute atomic E-state index is 0.0530. The van der Waals surface area contributed by atoms with Crippen molar-refractivity contribution in [3.05, 3.63) is 117 Å². The predicted molar refractivity (Wildman–Crippen MR) is 192 cm³/mol.